The quantitative estimate of drug-likeness (QED) is 0.659. The van der Waals surface area contributed by atoms with Crippen LogP contribution in [0.15, 0.2) is 28.5 Å². The van der Waals surface area contributed by atoms with Crippen LogP contribution in [0.5, 0.6) is 0 Å². The minimum Gasteiger partial charge on any atom is -0.298 e. The summed E-state index contributed by atoms with van der Waals surface area (Å²) in [5.41, 5.74) is 1.55. The highest BCUT2D eigenvalue weighted by Crippen LogP contribution is 2.34. The summed E-state index contributed by atoms with van der Waals surface area (Å²) >= 11 is 0. The Kier molecular flexibility index (Phi) is 1.82. The predicted octanol–water partition coefficient (Wildman–Crippen LogP) is 1.65. The van der Waals surface area contributed by atoms with Crippen molar-refractivity contribution in [2.75, 3.05) is 0 Å². The summed E-state index contributed by atoms with van der Waals surface area (Å²) in [6.45, 7) is 1.72. The van der Waals surface area contributed by atoms with Crippen LogP contribution in [0, 0.1) is 0 Å². The van der Waals surface area contributed by atoms with E-state index >= 15 is 0 Å². The second-order valence-corrected chi connectivity index (χ2v) is 4.92. The van der Waals surface area contributed by atoms with Crippen LogP contribution < -0.4 is 0 Å². The molecule has 2 rings (SSSR count). The molecule has 72 valence electrons. The third kappa shape index (κ3) is 1.11. The van der Waals surface area contributed by atoms with Crippen molar-refractivity contribution in [2.45, 2.75) is 11.8 Å². The third-order valence-corrected chi connectivity index (χ3v) is 3.90. The maximum atomic E-state index is 11.6. The first-order valence-electron chi connectivity index (χ1n) is 4.08. The van der Waals surface area contributed by atoms with Gasteiger partial charge in [0.15, 0.2) is 6.29 Å². The van der Waals surface area contributed by atoms with E-state index in [2.05, 4.69) is 0 Å². The number of carbonyl (C=O) groups excluding carboxylic acids is 1. The van der Waals surface area contributed by atoms with E-state index < -0.39 is 9.84 Å². The molecule has 0 saturated heterocycles. The average Bonchev–Trinajstić information content (AvgIpc) is 2.38. The molecule has 0 aromatic heterocycles. The molecule has 1 aromatic carbocycles. The largest absolute Gasteiger partial charge is 0.298 e. The summed E-state index contributed by atoms with van der Waals surface area (Å²) in [7, 11) is -3.39. The molecular weight excluding hydrogens is 200 g/mol. The minimum absolute atomic E-state index is 0.146. The molecule has 0 aliphatic carbocycles. The fourth-order valence-electron chi connectivity index (χ4n) is 1.63. The molecule has 0 N–H and O–H groups in total. The molecule has 1 aliphatic rings. The van der Waals surface area contributed by atoms with Crippen molar-refractivity contribution in [1.82, 2.24) is 0 Å². The van der Waals surface area contributed by atoms with Gasteiger partial charge < -0.3 is 0 Å². The van der Waals surface area contributed by atoms with E-state index in [9.17, 15) is 13.2 Å². The smallest absolute Gasteiger partial charge is 0.201 e. The van der Waals surface area contributed by atoms with Gasteiger partial charge in [-0.1, -0.05) is 18.2 Å². The zero-order valence-corrected chi connectivity index (χ0v) is 8.34. The van der Waals surface area contributed by atoms with Crippen molar-refractivity contribution in [1.29, 1.82) is 0 Å². The Labute approximate surface area is 82.0 Å². The van der Waals surface area contributed by atoms with Gasteiger partial charge in [-0.2, -0.15) is 0 Å². The number of hydrogen-bond donors (Lipinski definition) is 0. The van der Waals surface area contributed by atoms with E-state index in [0.29, 0.717) is 17.4 Å². The predicted molar refractivity (Wildman–Crippen MR) is 52.7 cm³/mol. The summed E-state index contributed by atoms with van der Waals surface area (Å²) in [5, 5.41) is 1.20. The fraction of sp³-hybridized carbons (Fsp3) is 0.100. The number of sulfone groups is 1. The SMILES string of the molecule is CC1=CS(=O)(=O)c2c(C=O)cccc21. The van der Waals surface area contributed by atoms with Gasteiger partial charge in [-0.05, 0) is 18.1 Å². The molecule has 0 unspecified atom stereocenters. The van der Waals surface area contributed by atoms with Crippen LogP contribution in [0.3, 0.4) is 0 Å². The third-order valence-electron chi connectivity index (χ3n) is 2.21. The van der Waals surface area contributed by atoms with Gasteiger partial charge >= 0.3 is 0 Å². The fourth-order valence-corrected chi connectivity index (χ4v) is 3.32. The molecule has 0 atom stereocenters. The highest BCUT2D eigenvalue weighted by Gasteiger charge is 2.27. The van der Waals surface area contributed by atoms with Crippen molar-refractivity contribution in [2.24, 2.45) is 0 Å². The summed E-state index contributed by atoms with van der Waals surface area (Å²) in [6, 6.07) is 4.90. The number of allylic oxidation sites excluding steroid dienone is 1. The van der Waals surface area contributed by atoms with Crippen LogP contribution in [-0.4, -0.2) is 14.7 Å². The van der Waals surface area contributed by atoms with E-state index in [1.807, 2.05) is 0 Å². The molecule has 1 aliphatic heterocycles. The Morgan fingerprint density at radius 3 is 2.64 bits per heavy atom. The molecule has 3 nitrogen and oxygen atoms in total. The number of aldehydes is 1. The van der Waals surface area contributed by atoms with E-state index in [1.165, 1.54) is 11.5 Å². The second-order valence-electron chi connectivity index (χ2n) is 3.19. The molecule has 0 fully saturated rings. The zero-order chi connectivity index (χ0) is 10.3. The lowest BCUT2D eigenvalue weighted by Crippen LogP contribution is -1.98. The van der Waals surface area contributed by atoms with Crippen LogP contribution in [0.2, 0.25) is 0 Å². The Balaban J connectivity index is 2.90. The van der Waals surface area contributed by atoms with Crippen molar-refractivity contribution < 1.29 is 13.2 Å². The van der Waals surface area contributed by atoms with Crippen LogP contribution in [-0.2, 0) is 9.84 Å². The number of carbonyl (C=O) groups is 1. The van der Waals surface area contributed by atoms with Crippen molar-refractivity contribution in [3.8, 4) is 0 Å². The summed E-state index contributed by atoms with van der Waals surface area (Å²) < 4.78 is 23.2. The summed E-state index contributed by atoms with van der Waals surface area (Å²) in [6.07, 6.45) is 0.572. The Bertz CT molecular complexity index is 538. The maximum absolute atomic E-state index is 11.6. The van der Waals surface area contributed by atoms with Gasteiger partial charge in [0.1, 0.15) is 0 Å². The molecule has 14 heavy (non-hydrogen) atoms. The van der Waals surface area contributed by atoms with Crippen LogP contribution in [0.25, 0.3) is 5.57 Å². The number of rotatable bonds is 1. The van der Waals surface area contributed by atoms with Gasteiger partial charge in [0.2, 0.25) is 9.84 Å². The molecule has 4 heteroatoms. The van der Waals surface area contributed by atoms with Crippen LogP contribution in [0.4, 0.5) is 0 Å². The normalized spacial score (nSPS) is 17.4. The van der Waals surface area contributed by atoms with E-state index in [0.717, 1.165) is 0 Å². The van der Waals surface area contributed by atoms with Gasteiger partial charge in [-0.15, -0.1) is 0 Å². The first-order chi connectivity index (χ1) is 6.56. The molecule has 1 heterocycles. The average molecular weight is 208 g/mol. The van der Waals surface area contributed by atoms with Crippen LogP contribution >= 0.6 is 0 Å². The number of fused-ring (bicyclic) bond motifs is 1. The lowest BCUT2D eigenvalue weighted by molar-refractivity contribution is 0.112. The van der Waals surface area contributed by atoms with Gasteiger partial charge in [-0.3, -0.25) is 4.79 Å². The van der Waals surface area contributed by atoms with Gasteiger partial charge in [0.05, 0.1) is 4.90 Å². The molecule has 1 aromatic rings. The first kappa shape index (κ1) is 9.15. The van der Waals surface area contributed by atoms with E-state index in [4.69, 9.17) is 0 Å². The Hall–Kier alpha value is -1.42. The topological polar surface area (TPSA) is 51.2 Å². The monoisotopic (exact) mass is 208 g/mol. The van der Waals surface area contributed by atoms with Crippen molar-refractivity contribution in [3.05, 3.63) is 34.7 Å². The van der Waals surface area contributed by atoms with Gasteiger partial charge in [-0.25, -0.2) is 8.42 Å². The van der Waals surface area contributed by atoms with Crippen molar-refractivity contribution in [3.63, 3.8) is 0 Å². The van der Waals surface area contributed by atoms with Crippen molar-refractivity contribution >= 4 is 21.7 Å². The maximum Gasteiger partial charge on any atom is 0.201 e. The Morgan fingerprint density at radius 2 is 2.00 bits per heavy atom. The highest BCUT2D eigenvalue weighted by atomic mass is 32.2. The second kappa shape index (κ2) is 2.78. The minimum atomic E-state index is -3.39. The number of hydrogen-bond acceptors (Lipinski definition) is 3. The molecular formula is C10H8O3S. The van der Waals surface area contributed by atoms with Crippen LogP contribution in [0.1, 0.15) is 22.8 Å². The highest BCUT2D eigenvalue weighted by molar-refractivity contribution is 7.95. The summed E-state index contributed by atoms with van der Waals surface area (Å²) in [5.74, 6) is 0. The Morgan fingerprint density at radius 1 is 1.29 bits per heavy atom. The molecule has 0 bridgehead atoms. The summed E-state index contributed by atoms with van der Waals surface area (Å²) in [4.78, 5) is 10.8. The lowest BCUT2D eigenvalue weighted by atomic mass is 10.1. The zero-order valence-electron chi connectivity index (χ0n) is 7.52. The molecule has 0 radical (unpaired) electrons. The molecule has 0 amide bonds. The standard InChI is InChI=1S/C10H8O3S/c1-7-6-14(12,13)10-8(5-11)3-2-4-9(7)10/h2-6H,1H3. The number of benzene rings is 1. The molecule has 0 saturated carbocycles. The van der Waals surface area contributed by atoms with Gasteiger partial charge in [0, 0.05) is 11.0 Å². The van der Waals surface area contributed by atoms with E-state index in [1.54, 1.807) is 19.1 Å². The lowest BCUT2D eigenvalue weighted by Gasteiger charge is -2.01. The van der Waals surface area contributed by atoms with E-state index in [-0.39, 0.29) is 10.5 Å². The first-order valence-corrected chi connectivity index (χ1v) is 5.63. The molecule has 0 spiro atoms. The van der Waals surface area contributed by atoms with Gasteiger partial charge in [0.25, 0.3) is 0 Å².